The Morgan fingerprint density at radius 1 is 1.22 bits per heavy atom. The van der Waals surface area contributed by atoms with E-state index >= 15 is 0 Å². The molecule has 3 fully saturated rings. The van der Waals surface area contributed by atoms with Crippen LogP contribution < -0.4 is 9.47 Å². The molecule has 1 spiro atoms. The second-order valence-electron chi connectivity index (χ2n) is 10.8. The zero-order valence-corrected chi connectivity index (χ0v) is 22.5. The number of rotatable bonds is 10. The number of allylic oxidation sites excluding steroid dienone is 1. The minimum absolute atomic E-state index is 0.00146. The molecule has 0 amide bonds. The van der Waals surface area contributed by atoms with Gasteiger partial charge in [-0.1, -0.05) is 17.7 Å². The quantitative estimate of drug-likeness (QED) is 0.191. The van der Waals surface area contributed by atoms with E-state index in [1.54, 1.807) is 20.3 Å². The number of benzene rings is 1. The number of hydrogen-bond donors (Lipinski definition) is 0. The van der Waals surface area contributed by atoms with Crippen LogP contribution in [-0.2, 0) is 23.7 Å². The zero-order chi connectivity index (χ0) is 26.1. The van der Waals surface area contributed by atoms with Gasteiger partial charge in [0.15, 0.2) is 11.5 Å². The molecule has 0 aromatic heterocycles. The highest BCUT2D eigenvalue weighted by Crippen LogP contribution is 2.59. The van der Waals surface area contributed by atoms with Crippen molar-refractivity contribution in [2.24, 2.45) is 5.92 Å². The Labute approximate surface area is 214 Å². The van der Waals surface area contributed by atoms with Crippen LogP contribution in [0.25, 0.3) is 6.08 Å². The number of carbonyl (C=O) groups excluding carboxylic acids is 1. The number of methoxy groups -OCH3 is 2. The first-order valence-electron chi connectivity index (χ1n) is 12.8. The Bertz CT molecular complexity index is 1000. The molecule has 3 aliphatic rings. The first kappa shape index (κ1) is 26.7. The molecule has 36 heavy (non-hydrogen) atoms. The maximum absolute atomic E-state index is 12.8. The van der Waals surface area contributed by atoms with Crippen molar-refractivity contribution in [2.45, 2.75) is 89.5 Å². The van der Waals surface area contributed by atoms with Gasteiger partial charge in [-0.3, -0.25) is 0 Å². The maximum Gasteiger partial charge on any atom is 0.331 e. The molecule has 2 heterocycles. The van der Waals surface area contributed by atoms with E-state index in [9.17, 15) is 4.79 Å². The van der Waals surface area contributed by atoms with Crippen LogP contribution in [0, 0.1) is 5.92 Å². The fourth-order valence-corrected chi connectivity index (χ4v) is 5.57. The van der Waals surface area contributed by atoms with Crippen LogP contribution in [0.15, 0.2) is 35.9 Å². The summed E-state index contributed by atoms with van der Waals surface area (Å²) in [6, 6.07) is 5.55. The maximum atomic E-state index is 12.8. The summed E-state index contributed by atoms with van der Waals surface area (Å²) in [5.41, 5.74) is 1.49. The predicted molar refractivity (Wildman–Crippen MR) is 137 cm³/mol. The van der Waals surface area contributed by atoms with Crippen molar-refractivity contribution in [1.82, 2.24) is 0 Å². The van der Waals surface area contributed by atoms with Gasteiger partial charge in [0.05, 0.1) is 31.8 Å². The smallest absolute Gasteiger partial charge is 0.331 e. The fraction of sp³-hybridized carbons (Fsp3) is 0.621. The molecule has 6 atom stereocenters. The van der Waals surface area contributed by atoms with Crippen LogP contribution in [0.1, 0.15) is 59.4 Å². The van der Waals surface area contributed by atoms with Gasteiger partial charge in [0.25, 0.3) is 0 Å². The average Bonchev–Trinajstić information content (AvgIpc) is 3.74. The number of ether oxygens (including phenoxy) is 6. The number of esters is 1. The molecule has 4 rings (SSSR count). The largest absolute Gasteiger partial charge is 0.493 e. The standard InChI is InChI=1S/C29H40O7/c1-18(2)8-12-24-28(5,36-24)27-26(32-7)22(14-15-29(27)17-33-29)35-25(30)13-10-20-9-11-21(31-6)23(16-20)34-19(3)4/h8-11,13,16,19,22,24,26-27H,12,14-15,17H2,1-7H3/b13-10+/t22-,24+,26-,27?,28-,29+/m1/s1. The lowest BCUT2D eigenvalue weighted by molar-refractivity contribution is -0.166. The van der Waals surface area contributed by atoms with Gasteiger partial charge in [0, 0.05) is 13.2 Å². The van der Waals surface area contributed by atoms with Gasteiger partial charge >= 0.3 is 5.97 Å². The fourth-order valence-electron chi connectivity index (χ4n) is 5.57. The molecule has 1 aromatic rings. The lowest BCUT2D eigenvalue weighted by Crippen LogP contribution is -2.55. The predicted octanol–water partition coefficient (Wildman–Crippen LogP) is 5.12. The van der Waals surface area contributed by atoms with E-state index in [4.69, 9.17) is 28.4 Å². The van der Waals surface area contributed by atoms with Crippen LogP contribution in [0.2, 0.25) is 0 Å². The van der Waals surface area contributed by atoms with Crippen LogP contribution in [-0.4, -0.2) is 62.4 Å². The Balaban J connectivity index is 1.44. The van der Waals surface area contributed by atoms with E-state index in [0.29, 0.717) is 24.5 Å². The summed E-state index contributed by atoms with van der Waals surface area (Å²) in [6.45, 7) is 10.9. The van der Waals surface area contributed by atoms with E-state index < -0.39 is 5.97 Å². The van der Waals surface area contributed by atoms with Crippen molar-refractivity contribution in [2.75, 3.05) is 20.8 Å². The van der Waals surface area contributed by atoms with Gasteiger partial charge in [-0.2, -0.15) is 0 Å². The summed E-state index contributed by atoms with van der Waals surface area (Å²) in [5.74, 6) is 0.874. The van der Waals surface area contributed by atoms with Crippen molar-refractivity contribution in [1.29, 1.82) is 0 Å². The van der Waals surface area contributed by atoms with Crippen LogP contribution >= 0.6 is 0 Å². The Hall–Kier alpha value is -2.35. The molecule has 0 bridgehead atoms. The highest BCUT2D eigenvalue weighted by atomic mass is 16.6. The average molecular weight is 501 g/mol. The van der Waals surface area contributed by atoms with Crippen LogP contribution in [0.3, 0.4) is 0 Å². The van der Waals surface area contributed by atoms with Crippen molar-refractivity contribution in [3.05, 3.63) is 41.5 Å². The molecule has 0 N–H and O–H groups in total. The second-order valence-corrected chi connectivity index (χ2v) is 10.8. The molecular formula is C29H40O7. The number of epoxide rings is 2. The molecular weight excluding hydrogens is 460 g/mol. The molecule has 7 heteroatoms. The highest BCUT2D eigenvalue weighted by molar-refractivity contribution is 5.87. The van der Waals surface area contributed by atoms with Gasteiger partial charge in [-0.05, 0) is 77.7 Å². The molecule has 2 aliphatic heterocycles. The van der Waals surface area contributed by atoms with Crippen molar-refractivity contribution >= 4 is 12.0 Å². The summed E-state index contributed by atoms with van der Waals surface area (Å²) in [5, 5.41) is 0. The normalized spacial score (nSPS) is 33.0. The number of carbonyl (C=O) groups is 1. The molecule has 1 saturated carbocycles. The van der Waals surface area contributed by atoms with Gasteiger partial charge in [-0.25, -0.2) is 4.79 Å². The van der Waals surface area contributed by atoms with Crippen molar-refractivity contribution in [3.8, 4) is 11.5 Å². The Morgan fingerprint density at radius 2 is 1.97 bits per heavy atom. The molecule has 198 valence electrons. The van der Waals surface area contributed by atoms with Crippen LogP contribution in [0.5, 0.6) is 11.5 Å². The van der Waals surface area contributed by atoms with Crippen LogP contribution in [0.4, 0.5) is 0 Å². The van der Waals surface area contributed by atoms with Crippen molar-refractivity contribution in [3.63, 3.8) is 0 Å². The molecule has 0 radical (unpaired) electrons. The van der Waals surface area contributed by atoms with Gasteiger partial charge in [-0.15, -0.1) is 0 Å². The van der Waals surface area contributed by atoms with E-state index in [1.165, 1.54) is 11.6 Å². The third-order valence-electron chi connectivity index (χ3n) is 7.47. The van der Waals surface area contributed by atoms with E-state index in [0.717, 1.165) is 18.4 Å². The summed E-state index contributed by atoms with van der Waals surface area (Å²) in [4.78, 5) is 12.8. The molecule has 1 aliphatic carbocycles. The lowest BCUT2D eigenvalue weighted by Gasteiger charge is -2.42. The van der Waals surface area contributed by atoms with Crippen molar-refractivity contribution < 1.29 is 33.2 Å². The first-order chi connectivity index (χ1) is 17.1. The lowest BCUT2D eigenvalue weighted by atomic mass is 9.68. The topological polar surface area (TPSA) is 79.1 Å². The zero-order valence-electron chi connectivity index (χ0n) is 22.5. The Kier molecular flexibility index (Phi) is 7.83. The summed E-state index contributed by atoms with van der Waals surface area (Å²) < 4.78 is 35.3. The van der Waals surface area contributed by atoms with Gasteiger partial charge in [0.1, 0.15) is 23.4 Å². The molecule has 2 saturated heterocycles. The molecule has 1 unspecified atom stereocenters. The molecule has 1 aromatic carbocycles. The summed E-state index contributed by atoms with van der Waals surface area (Å²) in [7, 11) is 3.28. The van der Waals surface area contributed by atoms with E-state index in [1.807, 2.05) is 32.0 Å². The van der Waals surface area contributed by atoms with E-state index in [2.05, 4.69) is 26.8 Å². The third-order valence-corrected chi connectivity index (χ3v) is 7.47. The second kappa shape index (κ2) is 10.6. The minimum Gasteiger partial charge on any atom is -0.493 e. The minimum atomic E-state index is -0.404. The Morgan fingerprint density at radius 3 is 2.58 bits per heavy atom. The molecule has 7 nitrogen and oxygen atoms in total. The first-order valence-corrected chi connectivity index (χ1v) is 12.8. The van der Waals surface area contributed by atoms with Gasteiger partial charge in [0.2, 0.25) is 0 Å². The monoisotopic (exact) mass is 500 g/mol. The summed E-state index contributed by atoms with van der Waals surface area (Å²) >= 11 is 0. The van der Waals surface area contributed by atoms with E-state index in [-0.39, 0.29) is 41.5 Å². The SMILES string of the molecule is COc1ccc(/C=C/C(=O)O[C@@H]2CC[C@]3(CO3)C([C@]3(C)O[C@H]3CC=C(C)C)[C@@H]2OC)cc1OC(C)C. The van der Waals surface area contributed by atoms with Gasteiger partial charge < -0.3 is 28.4 Å². The number of hydrogen-bond acceptors (Lipinski definition) is 7. The summed E-state index contributed by atoms with van der Waals surface area (Å²) in [6.07, 6.45) is 7.21. The third kappa shape index (κ3) is 5.63. The highest BCUT2D eigenvalue weighted by Gasteiger charge is 2.72.